The van der Waals surface area contributed by atoms with Crippen LogP contribution in [0.25, 0.3) is 0 Å². The van der Waals surface area contributed by atoms with E-state index in [9.17, 15) is 4.79 Å². The van der Waals surface area contributed by atoms with Crippen molar-refractivity contribution in [2.45, 2.75) is 230 Å². The minimum atomic E-state index is -0.603. The molecule has 66 heavy (non-hydrogen) atoms. The van der Waals surface area contributed by atoms with Gasteiger partial charge in [0.15, 0.2) is 18.9 Å². The first-order chi connectivity index (χ1) is 29.1. The van der Waals surface area contributed by atoms with Gasteiger partial charge in [-0.3, -0.25) is 17.6 Å². The molecule has 376 valence electrons. The van der Waals surface area contributed by atoms with Crippen molar-refractivity contribution in [3.63, 3.8) is 0 Å². The fraction of sp³-hybridized carbons (Fsp3) is 0.893. The van der Waals surface area contributed by atoms with Crippen molar-refractivity contribution in [1.29, 1.82) is 0 Å². The van der Waals surface area contributed by atoms with Gasteiger partial charge in [-0.1, -0.05) is 145 Å². The fourth-order valence-corrected chi connectivity index (χ4v) is 15.6. The van der Waals surface area contributed by atoms with Crippen LogP contribution in [0.3, 0.4) is 0 Å². The summed E-state index contributed by atoms with van der Waals surface area (Å²) in [5.74, 6) is 5.11. The van der Waals surface area contributed by atoms with E-state index >= 15 is 0 Å². The van der Waals surface area contributed by atoms with Crippen molar-refractivity contribution >= 4 is 6.29 Å². The van der Waals surface area contributed by atoms with Gasteiger partial charge in [-0.25, -0.2) is 0 Å². The summed E-state index contributed by atoms with van der Waals surface area (Å²) in [7, 11) is 0. The molecule has 0 aromatic carbocycles. The molecule has 2 radical (unpaired) electrons. The number of carbonyl (C=O) groups excluding carboxylic acids is 1. The number of hydrogen-bond donors (Lipinski definition) is 0. The summed E-state index contributed by atoms with van der Waals surface area (Å²) >= 11 is 0. The topological polar surface area (TPSA) is 72.5 Å². The Bertz CT molecular complexity index is 1660. The molecule has 0 bridgehead atoms. The van der Waals surface area contributed by atoms with Gasteiger partial charge in [0.05, 0.1) is 24.4 Å². The molecule has 5 aliphatic carbocycles. The van der Waals surface area contributed by atoms with Crippen molar-refractivity contribution in [2.24, 2.45) is 86.3 Å². The minimum Gasteiger partial charge on any atom is -0.544 e. The molecule has 10 heteroatoms. The predicted molar refractivity (Wildman–Crippen MR) is 252 cm³/mol. The van der Waals surface area contributed by atoms with E-state index in [-0.39, 0.29) is 168 Å². The molecule has 3 saturated heterocycles. The van der Waals surface area contributed by atoms with Gasteiger partial charge < -0.3 is 47.1 Å². The Labute approximate surface area is 456 Å². The van der Waals surface area contributed by atoms with Crippen molar-refractivity contribution in [2.75, 3.05) is 0 Å². The second-order valence-corrected chi connectivity index (χ2v) is 24.8. The molecule has 7 fully saturated rings. The maximum atomic E-state index is 12.9. The molecule has 0 amide bonds. The molecule has 8 aliphatic rings. The second-order valence-electron chi connectivity index (χ2n) is 24.8. The minimum absolute atomic E-state index is 0. The average molecular weight is 1200 g/mol. The van der Waals surface area contributed by atoms with E-state index < -0.39 is 17.8 Å². The van der Waals surface area contributed by atoms with Gasteiger partial charge in [-0.2, -0.15) is 19.3 Å². The predicted octanol–water partition coefficient (Wildman–Crippen LogP) is 13.0. The summed E-state index contributed by atoms with van der Waals surface area (Å²) in [6, 6.07) is 0. The van der Waals surface area contributed by atoms with Crippen LogP contribution in [0.15, 0.2) is 11.6 Å². The van der Waals surface area contributed by atoms with E-state index in [0.29, 0.717) is 35.5 Å². The van der Waals surface area contributed by atoms with Gasteiger partial charge in [0.1, 0.15) is 6.10 Å². The van der Waals surface area contributed by atoms with Crippen LogP contribution in [-0.4, -0.2) is 61.8 Å². The van der Waals surface area contributed by atoms with E-state index in [4.69, 9.17) is 28.4 Å². The maximum Gasteiger partial charge on any atom is 0.184 e. The first-order valence-corrected chi connectivity index (χ1v) is 25.8. The van der Waals surface area contributed by atoms with Crippen LogP contribution < -0.4 is 0 Å². The largest absolute Gasteiger partial charge is 0.544 e. The van der Waals surface area contributed by atoms with Gasteiger partial charge in [0.25, 0.3) is 0 Å². The monoisotopic (exact) mass is 1200 g/mol. The Morgan fingerprint density at radius 1 is 0.742 bits per heavy atom. The first-order valence-electron chi connectivity index (χ1n) is 25.8. The molecule has 4 saturated carbocycles. The Morgan fingerprint density at radius 3 is 1.97 bits per heavy atom. The molecule has 3 heterocycles. The van der Waals surface area contributed by atoms with Crippen LogP contribution in [0.2, 0.25) is 0 Å². The zero-order valence-electron chi connectivity index (χ0n) is 44.5. The van der Waals surface area contributed by atoms with Crippen LogP contribution in [0.5, 0.6) is 0 Å². The van der Waals surface area contributed by atoms with E-state index in [1.54, 1.807) is 5.57 Å². The molecule has 0 spiro atoms. The van der Waals surface area contributed by atoms with Crippen LogP contribution in [0, 0.1) is 106 Å². The molecule has 3 aliphatic heterocycles. The van der Waals surface area contributed by atoms with E-state index in [2.05, 4.69) is 130 Å². The molecular weight excluding hydrogens is 1110 g/mol. The van der Waals surface area contributed by atoms with Crippen molar-refractivity contribution < 1.29 is 106 Å². The zero-order chi connectivity index (χ0) is 45.1. The van der Waals surface area contributed by atoms with Gasteiger partial charge >= 0.3 is 0 Å². The standard InChI is InChI=1S/C55H89O7.CH3.V.W.Y/c1-17-43-33(5)31(3)35(7)49(59-43)62-47-46(61-48-34(6)30(2)32(4)38(10)57-48)36(8)39(11)58-50(47)60-44-21-22-52(14)40(37(44)9)20-23-54(16)45(52)19-18-41-42-28-51(12,13)24-26-55(42,29-56)27-25-53(41,54)15;;;;/h18,27,30-36,38-40,42-50H,17,19-26,28H2,1-16H3;1H3;;;/q-3;-1;;;/t30?,31?,32-,33-,34?,35+,36-,38?,39?,40+,42?,43?,44+,45?,46?,47+,48+,49+,50+,52?,53-,54+,55-;;;;/m1..../s1. The van der Waals surface area contributed by atoms with E-state index in [0.717, 1.165) is 57.8 Å². The van der Waals surface area contributed by atoms with Crippen molar-refractivity contribution in [1.82, 2.24) is 0 Å². The Hall–Kier alpha value is 1.55. The van der Waals surface area contributed by atoms with Crippen LogP contribution >= 0.6 is 0 Å². The quantitative estimate of drug-likeness (QED) is 0.136. The van der Waals surface area contributed by atoms with Gasteiger partial charge in [0, 0.05) is 90.1 Å². The number of fused-ring (bicyclic) bond motifs is 7. The number of rotatable bonds is 8. The Morgan fingerprint density at radius 2 is 1.33 bits per heavy atom. The molecule has 0 N–H and O–H groups in total. The summed E-state index contributed by atoms with van der Waals surface area (Å²) in [5.41, 5.74) is 1.77. The molecule has 8 rings (SSSR count). The maximum absolute atomic E-state index is 12.9. The van der Waals surface area contributed by atoms with Crippen LogP contribution in [0.1, 0.15) is 175 Å². The smallest absolute Gasteiger partial charge is 0.184 e. The molecule has 0 aromatic rings. The molecule has 0 aromatic heterocycles. The summed E-state index contributed by atoms with van der Waals surface area (Å²) in [6.07, 6.45) is 16.4. The Balaban J connectivity index is 0.00000238. The normalized spacial score (nSPS) is 52.1. The molecule has 7 nitrogen and oxygen atoms in total. The van der Waals surface area contributed by atoms with Gasteiger partial charge in [-0.05, 0) is 91.8 Å². The third kappa shape index (κ3) is 9.96. The molecule has 10 unspecified atom stereocenters. The molecular formula is C56H92O7VWY-4. The summed E-state index contributed by atoms with van der Waals surface area (Å²) in [4.78, 5) is 12.9. The van der Waals surface area contributed by atoms with Crippen molar-refractivity contribution in [3.05, 3.63) is 31.4 Å². The SMILES string of the molecule is CCC1O[C@@H](O[C@H]2C(O[C@@H]3OC(C)[C@H](C)C(C)C3C)[C@H](C)C(C)O[C@H]2O[C@H]2CCC3(C)C4CC=C5C6CC(C)(C)CC[C@]6([C-]=O)[CH-]C[C@@]5(C)[C@@]4(C)CC[C@H]3[C-]2C)[C@@H](C)C(C)[C@H]1C.[CH3-].[V].[W].[Y]. The molecule has 23 atom stereocenters. The summed E-state index contributed by atoms with van der Waals surface area (Å²) in [5, 5.41) is 0. The van der Waals surface area contributed by atoms with E-state index in [1.807, 2.05) is 0 Å². The third-order valence-electron chi connectivity index (χ3n) is 21.5. The Kier molecular flexibility index (Phi) is 20.2. The van der Waals surface area contributed by atoms with E-state index in [1.165, 1.54) is 12.3 Å². The van der Waals surface area contributed by atoms with Crippen LogP contribution in [0.4, 0.5) is 0 Å². The number of ether oxygens (including phenoxy) is 6. The average Bonchev–Trinajstić information content (AvgIpc) is 3.23. The van der Waals surface area contributed by atoms with Crippen molar-refractivity contribution in [3.8, 4) is 0 Å². The number of allylic oxidation sites excluding steroid dienone is 2. The van der Waals surface area contributed by atoms with Gasteiger partial charge in [-0.15, -0.1) is 0 Å². The summed E-state index contributed by atoms with van der Waals surface area (Å²) < 4.78 is 42.5. The summed E-state index contributed by atoms with van der Waals surface area (Å²) in [6.45, 7) is 37.8. The first kappa shape index (κ1) is 60.1. The fourth-order valence-electron chi connectivity index (χ4n) is 15.6. The third-order valence-corrected chi connectivity index (χ3v) is 21.5. The number of hydrogen-bond acceptors (Lipinski definition) is 7. The van der Waals surface area contributed by atoms with Gasteiger partial charge in [0.2, 0.25) is 0 Å². The second kappa shape index (κ2) is 22.2. The zero-order valence-corrected chi connectivity index (χ0v) is 51.7. The van der Waals surface area contributed by atoms with Crippen LogP contribution in [-0.2, 0) is 106 Å².